The number of aryl methyl sites for hydroxylation is 2. The molecule has 53 heavy (non-hydrogen) atoms. The van der Waals surface area contributed by atoms with E-state index >= 15 is 0 Å². The van der Waals surface area contributed by atoms with Crippen LogP contribution in [0.3, 0.4) is 0 Å². The Morgan fingerprint density at radius 3 is 2.32 bits per heavy atom. The summed E-state index contributed by atoms with van der Waals surface area (Å²) in [7, 11) is -3.88. The Labute approximate surface area is 311 Å². The molecule has 0 amide bonds. The summed E-state index contributed by atoms with van der Waals surface area (Å²) in [5, 5.41) is 24.3. The van der Waals surface area contributed by atoms with Gasteiger partial charge in [0, 0.05) is 30.6 Å². The molecule has 0 aromatic heterocycles. The van der Waals surface area contributed by atoms with Crippen LogP contribution in [0, 0.1) is 13.8 Å². The molecule has 0 fully saturated rings. The topological polar surface area (TPSA) is 143 Å². The van der Waals surface area contributed by atoms with E-state index in [1.54, 1.807) is 48.5 Å². The fourth-order valence-electron chi connectivity index (χ4n) is 6.21. The van der Waals surface area contributed by atoms with Gasteiger partial charge in [-0.05, 0) is 96.6 Å². The van der Waals surface area contributed by atoms with Crippen molar-refractivity contribution in [2.75, 3.05) is 17.9 Å². The molecule has 5 aromatic rings. The Morgan fingerprint density at radius 2 is 1.62 bits per heavy atom. The summed E-state index contributed by atoms with van der Waals surface area (Å²) < 4.78 is 46.8. The van der Waals surface area contributed by atoms with Gasteiger partial charge in [0.25, 0.3) is 10.0 Å². The summed E-state index contributed by atoms with van der Waals surface area (Å²) in [6.45, 7) is 6.77. The van der Waals surface area contributed by atoms with Crippen LogP contribution in [0.25, 0.3) is 11.1 Å². The molecule has 3 atom stereocenters. The lowest BCUT2D eigenvalue weighted by Gasteiger charge is -2.24. The fourth-order valence-corrected chi connectivity index (χ4v) is 7.36. The number of hydrogen-bond acceptors (Lipinski definition) is 8. The highest BCUT2D eigenvalue weighted by atomic mass is 32.2. The van der Waals surface area contributed by atoms with Gasteiger partial charge in [-0.3, -0.25) is 4.72 Å². The third kappa shape index (κ3) is 9.55. The van der Waals surface area contributed by atoms with E-state index in [2.05, 4.69) is 10.0 Å². The van der Waals surface area contributed by atoms with Gasteiger partial charge in [0.15, 0.2) is 6.10 Å². The maximum absolute atomic E-state index is 13.2. The van der Waals surface area contributed by atoms with E-state index in [1.807, 2.05) is 75.4 Å². The number of carbonyl (C=O) groups is 1. The van der Waals surface area contributed by atoms with Gasteiger partial charge in [-0.25, -0.2) is 13.2 Å². The highest BCUT2D eigenvalue weighted by Crippen LogP contribution is 2.34. The summed E-state index contributed by atoms with van der Waals surface area (Å²) in [5.74, 6) is 0.710. The predicted octanol–water partition coefficient (Wildman–Crippen LogP) is 7.46. The van der Waals surface area contributed by atoms with Gasteiger partial charge in [-0.2, -0.15) is 0 Å². The van der Waals surface area contributed by atoms with Gasteiger partial charge in [-0.15, -0.1) is 0 Å². The number of ether oxygens (including phenoxy) is 3. The molecule has 278 valence electrons. The van der Waals surface area contributed by atoms with Gasteiger partial charge >= 0.3 is 5.97 Å². The van der Waals surface area contributed by atoms with E-state index in [0.717, 1.165) is 39.1 Å². The normalized spacial score (nSPS) is 14.6. The average molecular weight is 739 g/mol. The van der Waals surface area contributed by atoms with E-state index in [1.165, 1.54) is 6.07 Å². The molecule has 1 aliphatic rings. The van der Waals surface area contributed by atoms with Crippen LogP contribution < -0.4 is 24.2 Å². The maximum atomic E-state index is 13.2. The van der Waals surface area contributed by atoms with Crippen LogP contribution in [0.2, 0.25) is 0 Å². The lowest BCUT2D eigenvalue weighted by Crippen LogP contribution is -2.35. The molecule has 0 spiro atoms. The number of anilines is 1. The minimum Gasteiger partial charge on any atom is -0.492 e. The van der Waals surface area contributed by atoms with Crippen LogP contribution >= 0.6 is 0 Å². The smallest absolute Gasteiger partial charge is 0.345 e. The number of aliphatic carboxylic acids is 1. The Kier molecular flexibility index (Phi) is 12.5. The van der Waals surface area contributed by atoms with Gasteiger partial charge in [0.2, 0.25) is 0 Å². The van der Waals surface area contributed by atoms with Crippen molar-refractivity contribution in [2.45, 2.75) is 64.4 Å². The zero-order valence-corrected chi connectivity index (χ0v) is 30.0. The predicted molar refractivity (Wildman–Crippen MR) is 206 cm³/mol. The van der Waals surface area contributed by atoms with Crippen molar-refractivity contribution < 1.29 is 37.6 Å². The first-order valence-electron chi connectivity index (χ1n) is 17.0. The summed E-state index contributed by atoms with van der Waals surface area (Å²) >= 11 is 0. The van der Waals surface area contributed by atoms with Crippen molar-refractivity contribution in [3.05, 3.63) is 137 Å². The van der Waals surface area contributed by atoms with Crippen LogP contribution in [0.5, 0.6) is 17.2 Å². The van der Waals surface area contributed by atoms with E-state index in [4.69, 9.17) is 14.2 Å². The molecule has 0 aliphatic carbocycles. The molecule has 1 unspecified atom stereocenters. The lowest BCUT2D eigenvalue weighted by molar-refractivity contribution is -0.145. The number of aliphatic hydroxyl groups is 1. The molecule has 4 bridgehead atoms. The second-order valence-corrected chi connectivity index (χ2v) is 14.6. The van der Waals surface area contributed by atoms with Gasteiger partial charge in [-0.1, -0.05) is 68.1 Å². The summed E-state index contributed by atoms with van der Waals surface area (Å²) in [5.41, 5.74) is 6.15. The van der Waals surface area contributed by atoms with Gasteiger partial charge in [0.05, 0.1) is 16.7 Å². The lowest BCUT2D eigenvalue weighted by atomic mass is 9.99. The first-order valence-corrected chi connectivity index (χ1v) is 18.5. The molecule has 4 N–H and O–H groups in total. The molecule has 6 rings (SSSR count). The number of nitrogens with one attached hydrogen (secondary N) is 2. The Hall–Kier alpha value is -5.36. The standard InChI is InChI=1S/C41H42N2O8S.CH4/c1-26-20-32(31-12-14-33(15-13-31)51-38(41(45)46)23-29-8-5-4-6-9-29)21-27(2)40(26)49-19-18-42-28(3)39(44)36-17-16-34-24-37(36)43-52(47,48)35-11-7-10-30(22-35)25-50-34;/h4-17,20-22,24,28,38-39,42-44H,18-19,23,25H2,1-3H3,(H,45,46);1H4/t28-,38?,39-;/m0./s1. The number of aliphatic hydroxyl groups excluding tert-OH is 1. The van der Waals surface area contributed by atoms with E-state index in [0.29, 0.717) is 30.2 Å². The molecular formula is C42H46N2O8S. The zero-order chi connectivity index (χ0) is 36.8. The third-order valence-electron chi connectivity index (χ3n) is 8.96. The van der Waals surface area contributed by atoms with Crippen LogP contribution in [0.15, 0.2) is 114 Å². The molecule has 1 heterocycles. The molecule has 5 aromatic carbocycles. The summed E-state index contributed by atoms with van der Waals surface area (Å²) in [4.78, 5) is 12.0. The number of fused-ring (bicyclic) bond motifs is 4. The third-order valence-corrected chi connectivity index (χ3v) is 10.3. The molecule has 0 saturated carbocycles. The molecular weight excluding hydrogens is 693 g/mol. The molecule has 0 radical (unpaired) electrons. The number of benzene rings is 5. The summed E-state index contributed by atoms with van der Waals surface area (Å²) in [6.07, 6.45) is -1.77. The average Bonchev–Trinajstić information content (AvgIpc) is 3.13. The van der Waals surface area contributed by atoms with Crippen LogP contribution in [0.4, 0.5) is 5.69 Å². The van der Waals surface area contributed by atoms with Crippen LogP contribution in [-0.4, -0.2) is 49.9 Å². The van der Waals surface area contributed by atoms with Crippen molar-refractivity contribution >= 4 is 21.7 Å². The molecule has 11 heteroatoms. The molecule has 0 saturated heterocycles. The van der Waals surface area contributed by atoms with E-state index < -0.39 is 34.2 Å². The second-order valence-electron chi connectivity index (χ2n) is 12.9. The number of carboxylic acid groups (broad SMARTS) is 1. The Balaban J connectivity index is 0.00000541. The number of hydrogen-bond donors (Lipinski definition) is 4. The first kappa shape index (κ1) is 38.9. The van der Waals surface area contributed by atoms with Gasteiger partial charge < -0.3 is 29.7 Å². The molecule has 10 nitrogen and oxygen atoms in total. The van der Waals surface area contributed by atoms with Crippen LogP contribution in [-0.2, 0) is 27.8 Å². The largest absolute Gasteiger partial charge is 0.492 e. The fraction of sp³-hybridized carbons (Fsp3) is 0.262. The Morgan fingerprint density at radius 1 is 0.906 bits per heavy atom. The minimum absolute atomic E-state index is 0. The zero-order valence-electron chi connectivity index (χ0n) is 29.2. The first-order chi connectivity index (χ1) is 25.0. The summed E-state index contributed by atoms with van der Waals surface area (Å²) in [6, 6.07) is 32.0. The van der Waals surface area contributed by atoms with Crippen molar-refractivity contribution in [1.29, 1.82) is 0 Å². The van der Waals surface area contributed by atoms with Crippen molar-refractivity contribution in [1.82, 2.24) is 5.32 Å². The van der Waals surface area contributed by atoms with Crippen molar-refractivity contribution in [3.63, 3.8) is 0 Å². The number of carboxylic acids is 1. The van der Waals surface area contributed by atoms with Crippen molar-refractivity contribution in [2.24, 2.45) is 0 Å². The minimum atomic E-state index is -3.88. The SMILES string of the molecule is C.Cc1cc(-c2ccc(OC(Cc3ccccc3)C(=O)O)cc2)cc(C)c1OCCN[C@@H](C)[C@H](O)c1ccc2cc1NS(=O)(=O)c1cccc(c1)CO2. The number of sulfonamides is 1. The van der Waals surface area contributed by atoms with E-state index in [-0.39, 0.29) is 31.0 Å². The monoisotopic (exact) mass is 738 g/mol. The highest BCUT2D eigenvalue weighted by Gasteiger charge is 2.25. The van der Waals surface area contributed by atoms with E-state index in [9.17, 15) is 23.4 Å². The number of rotatable bonds is 13. The highest BCUT2D eigenvalue weighted by molar-refractivity contribution is 7.92. The van der Waals surface area contributed by atoms with Gasteiger partial charge in [0.1, 0.15) is 30.5 Å². The van der Waals surface area contributed by atoms with Crippen molar-refractivity contribution in [3.8, 4) is 28.4 Å². The maximum Gasteiger partial charge on any atom is 0.345 e. The molecule has 1 aliphatic heterocycles. The van der Waals surface area contributed by atoms with Crippen LogP contribution in [0.1, 0.15) is 48.3 Å². The quantitative estimate of drug-likeness (QED) is 0.0905. The second kappa shape index (κ2) is 17.0. The Bertz CT molecular complexity index is 2120.